The van der Waals surface area contributed by atoms with Crippen LogP contribution in [-0.2, 0) is 0 Å². The highest BCUT2D eigenvalue weighted by Gasteiger charge is 2.20. The molecule has 0 aliphatic heterocycles. The lowest BCUT2D eigenvalue weighted by molar-refractivity contribution is 0.602. The van der Waals surface area contributed by atoms with E-state index in [1.165, 1.54) is 19.3 Å². The van der Waals surface area contributed by atoms with Gasteiger partial charge in [-0.1, -0.05) is 6.92 Å². The predicted molar refractivity (Wildman–Crippen MR) is 64.5 cm³/mol. The van der Waals surface area contributed by atoms with Gasteiger partial charge in [0.15, 0.2) is 0 Å². The average molecular weight is 272 g/mol. The molecule has 2 rings (SSSR count). The van der Waals surface area contributed by atoms with Crippen molar-refractivity contribution >= 4 is 21.6 Å². The molecule has 1 aromatic rings. The Hall–Kier alpha value is -0.570. The summed E-state index contributed by atoms with van der Waals surface area (Å²) in [4.78, 5) is 0. The van der Waals surface area contributed by atoms with Gasteiger partial charge in [0.2, 0.25) is 0 Å². The Morgan fingerprint density at radius 2 is 2.20 bits per heavy atom. The molecule has 1 N–H and O–H groups in total. The first-order valence-corrected chi connectivity index (χ1v) is 6.16. The predicted octanol–water partition coefficient (Wildman–Crippen LogP) is 4.19. The van der Waals surface area contributed by atoms with Gasteiger partial charge in [-0.05, 0) is 59.3 Å². The van der Waals surface area contributed by atoms with Gasteiger partial charge < -0.3 is 5.32 Å². The van der Waals surface area contributed by atoms with E-state index >= 15 is 0 Å². The summed E-state index contributed by atoms with van der Waals surface area (Å²) in [6, 6.07) is 5.72. The van der Waals surface area contributed by atoms with Gasteiger partial charge in [-0.3, -0.25) is 0 Å². The molecule has 82 valence electrons. The largest absolute Gasteiger partial charge is 0.382 e. The van der Waals surface area contributed by atoms with E-state index in [9.17, 15) is 4.39 Å². The van der Waals surface area contributed by atoms with Crippen LogP contribution in [0.4, 0.5) is 10.1 Å². The average Bonchev–Trinajstić information content (AvgIpc) is 2.58. The van der Waals surface area contributed by atoms with Gasteiger partial charge in [0.1, 0.15) is 5.82 Å². The van der Waals surface area contributed by atoms with E-state index in [0.29, 0.717) is 10.5 Å². The molecule has 1 nitrogen and oxygen atoms in total. The van der Waals surface area contributed by atoms with Crippen LogP contribution in [0.15, 0.2) is 22.7 Å². The summed E-state index contributed by atoms with van der Waals surface area (Å²) in [6.07, 6.45) is 3.66. The van der Waals surface area contributed by atoms with Gasteiger partial charge in [0.25, 0.3) is 0 Å². The Morgan fingerprint density at radius 1 is 1.40 bits per heavy atom. The fourth-order valence-corrected chi connectivity index (χ4v) is 2.41. The lowest BCUT2D eigenvalue weighted by Crippen LogP contribution is -2.15. The van der Waals surface area contributed by atoms with E-state index in [1.54, 1.807) is 12.1 Å². The van der Waals surface area contributed by atoms with Crippen LogP contribution in [-0.4, -0.2) is 6.04 Å². The molecule has 2 atom stereocenters. The first-order valence-electron chi connectivity index (χ1n) is 5.37. The maximum Gasteiger partial charge on any atom is 0.139 e. The lowest BCUT2D eigenvalue weighted by atomic mass is 10.1. The van der Waals surface area contributed by atoms with Crippen molar-refractivity contribution in [1.82, 2.24) is 0 Å². The number of hydrogen-bond donors (Lipinski definition) is 1. The molecule has 3 heteroatoms. The molecular formula is C12H15BrFN. The standard InChI is InChI=1S/C12H15BrFN/c1-8-2-3-9(6-8)15-10-4-5-11(13)12(14)7-10/h4-5,7-9,15H,2-3,6H2,1H3. The maximum atomic E-state index is 13.2. The molecule has 0 bridgehead atoms. The van der Waals surface area contributed by atoms with Crippen molar-refractivity contribution in [2.24, 2.45) is 5.92 Å². The van der Waals surface area contributed by atoms with E-state index in [4.69, 9.17) is 0 Å². The molecule has 1 aliphatic rings. The normalized spacial score (nSPS) is 25.5. The van der Waals surface area contributed by atoms with Crippen molar-refractivity contribution in [3.05, 3.63) is 28.5 Å². The summed E-state index contributed by atoms with van der Waals surface area (Å²) in [5.74, 6) is 0.592. The summed E-state index contributed by atoms with van der Waals surface area (Å²) in [5, 5.41) is 3.38. The third-order valence-electron chi connectivity index (χ3n) is 2.99. The van der Waals surface area contributed by atoms with E-state index in [2.05, 4.69) is 28.2 Å². The highest BCUT2D eigenvalue weighted by atomic mass is 79.9. The van der Waals surface area contributed by atoms with Gasteiger partial charge in [-0.25, -0.2) is 4.39 Å². The smallest absolute Gasteiger partial charge is 0.139 e. The second-order valence-electron chi connectivity index (χ2n) is 4.39. The van der Waals surface area contributed by atoms with Crippen molar-refractivity contribution in [2.75, 3.05) is 5.32 Å². The van der Waals surface area contributed by atoms with Crippen LogP contribution in [0.25, 0.3) is 0 Å². The summed E-state index contributed by atoms with van der Waals surface area (Å²) in [7, 11) is 0. The van der Waals surface area contributed by atoms with Gasteiger partial charge >= 0.3 is 0 Å². The Morgan fingerprint density at radius 3 is 2.80 bits per heavy atom. The number of hydrogen-bond acceptors (Lipinski definition) is 1. The lowest BCUT2D eigenvalue weighted by Gasteiger charge is -2.14. The van der Waals surface area contributed by atoms with E-state index < -0.39 is 0 Å². The Labute approximate surface area is 98.2 Å². The van der Waals surface area contributed by atoms with E-state index in [-0.39, 0.29) is 5.82 Å². The number of benzene rings is 1. The maximum absolute atomic E-state index is 13.2. The van der Waals surface area contributed by atoms with E-state index in [1.807, 2.05) is 6.07 Å². The van der Waals surface area contributed by atoms with Gasteiger partial charge in [0, 0.05) is 11.7 Å². The molecule has 0 amide bonds. The molecule has 1 aromatic carbocycles. The first kappa shape index (κ1) is 10.9. The third kappa shape index (κ3) is 2.71. The zero-order chi connectivity index (χ0) is 10.8. The zero-order valence-corrected chi connectivity index (χ0v) is 10.3. The van der Waals surface area contributed by atoms with Crippen LogP contribution in [0.2, 0.25) is 0 Å². The third-order valence-corrected chi connectivity index (χ3v) is 3.63. The minimum Gasteiger partial charge on any atom is -0.382 e. The number of anilines is 1. The number of nitrogens with one attached hydrogen (secondary N) is 1. The second-order valence-corrected chi connectivity index (χ2v) is 5.24. The quantitative estimate of drug-likeness (QED) is 0.851. The Kier molecular flexibility index (Phi) is 3.29. The van der Waals surface area contributed by atoms with Crippen LogP contribution in [0, 0.1) is 11.7 Å². The molecule has 0 spiro atoms. The molecule has 15 heavy (non-hydrogen) atoms. The molecule has 1 aliphatic carbocycles. The van der Waals surface area contributed by atoms with Crippen molar-refractivity contribution in [3.63, 3.8) is 0 Å². The Bertz CT molecular complexity index is 353. The van der Waals surface area contributed by atoms with Crippen LogP contribution in [0.3, 0.4) is 0 Å². The van der Waals surface area contributed by atoms with Gasteiger partial charge in [-0.15, -0.1) is 0 Å². The molecule has 0 aromatic heterocycles. The monoisotopic (exact) mass is 271 g/mol. The SMILES string of the molecule is CC1CCC(Nc2ccc(Br)c(F)c2)C1. The fourth-order valence-electron chi connectivity index (χ4n) is 2.16. The number of halogens is 2. The van der Waals surface area contributed by atoms with E-state index in [0.717, 1.165) is 11.6 Å². The zero-order valence-electron chi connectivity index (χ0n) is 8.76. The fraction of sp³-hybridized carbons (Fsp3) is 0.500. The van der Waals surface area contributed by atoms with Crippen molar-refractivity contribution < 1.29 is 4.39 Å². The van der Waals surface area contributed by atoms with Crippen LogP contribution in [0.1, 0.15) is 26.2 Å². The van der Waals surface area contributed by atoms with Gasteiger partial charge in [-0.2, -0.15) is 0 Å². The van der Waals surface area contributed by atoms with Crippen LogP contribution in [0.5, 0.6) is 0 Å². The molecule has 2 unspecified atom stereocenters. The van der Waals surface area contributed by atoms with Crippen molar-refractivity contribution in [2.45, 2.75) is 32.2 Å². The second kappa shape index (κ2) is 4.52. The minimum atomic E-state index is -0.203. The first-order chi connectivity index (χ1) is 7.15. The molecule has 1 fully saturated rings. The molecule has 0 radical (unpaired) electrons. The highest BCUT2D eigenvalue weighted by Crippen LogP contribution is 2.28. The topological polar surface area (TPSA) is 12.0 Å². The number of rotatable bonds is 2. The minimum absolute atomic E-state index is 0.203. The van der Waals surface area contributed by atoms with Gasteiger partial charge in [0.05, 0.1) is 4.47 Å². The molecule has 1 saturated carbocycles. The molecule has 0 heterocycles. The van der Waals surface area contributed by atoms with Crippen molar-refractivity contribution in [1.29, 1.82) is 0 Å². The van der Waals surface area contributed by atoms with Crippen LogP contribution >= 0.6 is 15.9 Å². The summed E-state index contributed by atoms with van der Waals surface area (Å²) >= 11 is 3.15. The summed E-state index contributed by atoms with van der Waals surface area (Å²) in [6.45, 7) is 2.27. The van der Waals surface area contributed by atoms with Crippen molar-refractivity contribution in [3.8, 4) is 0 Å². The Balaban J connectivity index is 2.02. The highest BCUT2D eigenvalue weighted by molar-refractivity contribution is 9.10. The molecule has 0 saturated heterocycles. The molecular weight excluding hydrogens is 257 g/mol. The van der Waals surface area contributed by atoms with Crippen LogP contribution < -0.4 is 5.32 Å². The summed E-state index contributed by atoms with van der Waals surface area (Å²) in [5.41, 5.74) is 0.884. The summed E-state index contributed by atoms with van der Waals surface area (Å²) < 4.78 is 13.8.